The van der Waals surface area contributed by atoms with Gasteiger partial charge in [0.05, 0.1) is 0 Å². The molecule has 0 aliphatic heterocycles. The third-order valence-electron chi connectivity index (χ3n) is 1.46. The van der Waals surface area contributed by atoms with E-state index in [1.54, 1.807) is 0 Å². The SMILES string of the molecule is NC(=O)/C(CCCCC(=O)O)=N/O. The number of carboxylic acids is 1. The van der Waals surface area contributed by atoms with Crippen molar-refractivity contribution in [1.29, 1.82) is 0 Å². The molecule has 0 aliphatic rings. The predicted octanol–water partition coefficient (Wildman–Crippen LogP) is -0.0531. The Bertz CT molecular complexity index is 225. The summed E-state index contributed by atoms with van der Waals surface area (Å²) in [5, 5.41) is 19.2. The molecule has 0 saturated carbocycles. The van der Waals surface area contributed by atoms with E-state index in [0.717, 1.165) is 0 Å². The van der Waals surface area contributed by atoms with Gasteiger partial charge in [-0.15, -0.1) is 0 Å². The number of rotatable bonds is 6. The first-order valence-electron chi connectivity index (χ1n) is 3.80. The van der Waals surface area contributed by atoms with Crippen molar-refractivity contribution in [3.05, 3.63) is 0 Å². The van der Waals surface area contributed by atoms with Gasteiger partial charge in [-0.3, -0.25) is 9.59 Å². The molecule has 0 aliphatic carbocycles. The summed E-state index contributed by atoms with van der Waals surface area (Å²) < 4.78 is 0. The lowest BCUT2D eigenvalue weighted by molar-refractivity contribution is -0.137. The van der Waals surface area contributed by atoms with Gasteiger partial charge in [0.15, 0.2) is 0 Å². The van der Waals surface area contributed by atoms with Crippen molar-refractivity contribution < 1.29 is 19.9 Å². The molecule has 74 valence electrons. The molecule has 6 heteroatoms. The number of aliphatic carboxylic acids is 1. The van der Waals surface area contributed by atoms with Crippen LogP contribution >= 0.6 is 0 Å². The summed E-state index contributed by atoms with van der Waals surface area (Å²) in [6, 6.07) is 0. The molecule has 0 atom stereocenters. The quantitative estimate of drug-likeness (QED) is 0.234. The number of unbranched alkanes of at least 4 members (excludes halogenated alkanes) is 1. The molecule has 0 aromatic rings. The summed E-state index contributed by atoms with van der Waals surface area (Å²) in [7, 11) is 0. The number of carbonyl (C=O) groups is 2. The molecule has 0 radical (unpaired) electrons. The van der Waals surface area contributed by atoms with Crippen molar-refractivity contribution in [2.75, 3.05) is 0 Å². The molecule has 0 bridgehead atoms. The van der Waals surface area contributed by atoms with E-state index < -0.39 is 11.9 Å². The van der Waals surface area contributed by atoms with Crippen molar-refractivity contribution in [1.82, 2.24) is 0 Å². The first kappa shape index (κ1) is 11.4. The second kappa shape index (κ2) is 5.99. The zero-order valence-electron chi connectivity index (χ0n) is 7.06. The largest absolute Gasteiger partial charge is 0.481 e. The predicted molar refractivity (Wildman–Crippen MR) is 44.5 cm³/mol. The standard InChI is InChI=1S/C7H12N2O4/c8-7(12)5(9-13)3-1-2-4-6(10)11/h13H,1-4H2,(H2,8,12)(H,10,11)/b9-5+. The van der Waals surface area contributed by atoms with Crippen LogP contribution in [0.4, 0.5) is 0 Å². The molecular formula is C7H12N2O4. The lowest BCUT2D eigenvalue weighted by Crippen LogP contribution is -2.23. The van der Waals surface area contributed by atoms with Crippen LogP contribution in [0, 0.1) is 0 Å². The van der Waals surface area contributed by atoms with Gasteiger partial charge in [-0.25, -0.2) is 0 Å². The fraction of sp³-hybridized carbons (Fsp3) is 0.571. The molecule has 0 saturated heterocycles. The van der Waals surface area contributed by atoms with Gasteiger partial charge < -0.3 is 16.0 Å². The summed E-state index contributed by atoms with van der Waals surface area (Å²) in [5.74, 6) is -1.67. The Morgan fingerprint density at radius 2 is 1.77 bits per heavy atom. The van der Waals surface area contributed by atoms with Crippen LogP contribution < -0.4 is 5.73 Å². The van der Waals surface area contributed by atoms with Gasteiger partial charge in [0.25, 0.3) is 5.91 Å². The highest BCUT2D eigenvalue weighted by Crippen LogP contribution is 2.01. The molecule has 6 nitrogen and oxygen atoms in total. The average Bonchev–Trinajstić information content (AvgIpc) is 2.03. The van der Waals surface area contributed by atoms with Crippen LogP contribution in [0.1, 0.15) is 25.7 Å². The average molecular weight is 188 g/mol. The smallest absolute Gasteiger partial charge is 0.303 e. The van der Waals surface area contributed by atoms with Crippen molar-refractivity contribution in [3.63, 3.8) is 0 Å². The number of hydrogen-bond donors (Lipinski definition) is 3. The van der Waals surface area contributed by atoms with Crippen LogP contribution in [0.15, 0.2) is 5.16 Å². The minimum absolute atomic E-state index is 0.0392. The van der Waals surface area contributed by atoms with Gasteiger partial charge in [-0.05, 0) is 19.3 Å². The Kier molecular flexibility index (Phi) is 5.25. The van der Waals surface area contributed by atoms with Crippen molar-refractivity contribution in [2.45, 2.75) is 25.7 Å². The Labute approximate surface area is 75.0 Å². The highest BCUT2D eigenvalue weighted by molar-refractivity contribution is 6.38. The topological polar surface area (TPSA) is 113 Å². The molecule has 0 rings (SSSR count). The van der Waals surface area contributed by atoms with E-state index in [0.29, 0.717) is 12.8 Å². The van der Waals surface area contributed by atoms with Gasteiger partial charge in [0.2, 0.25) is 0 Å². The maximum absolute atomic E-state index is 10.5. The lowest BCUT2D eigenvalue weighted by atomic mass is 10.1. The normalized spacial score (nSPS) is 11.2. The minimum atomic E-state index is -0.887. The molecule has 13 heavy (non-hydrogen) atoms. The zero-order valence-corrected chi connectivity index (χ0v) is 7.06. The third-order valence-corrected chi connectivity index (χ3v) is 1.46. The summed E-state index contributed by atoms with van der Waals surface area (Å²) >= 11 is 0. The summed E-state index contributed by atoms with van der Waals surface area (Å²) in [5.41, 5.74) is 4.72. The Hall–Kier alpha value is -1.59. The number of carbonyl (C=O) groups excluding carboxylic acids is 1. The second-order valence-corrected chi connectivity index (χ2v) is 2.51. The number of nitrogens with zero attached hydrogens (tertiary/aromatic N) is 1. The number of oxime groups is 1. The summed E-state index contributed by atoms with van der Waals surface area (Å²) in [6.45, 7) is 0. The molecule has 0 aromatic carbocycles. The first-order chi connectivity index (χ1) is 6.07. The van der Waals surface area contributed by atoms with Crippen LogP contribution in [0.25, 0.3) is 0 Å². The molecule has 0 spiro atoms. The van der Waals surface area contributed by atoms with Gasteiger partial charge in [0.1, 0.15) is 5.71 Å². The second-order valence-electron chi connectivity index (χ2n) is 2.51. The van der Waals surface area contributed by atoms with E-state index >= 15 is 0 Å². The van der Waals surface area contributed by atoms with Gasteiger partial charge in [0, 0.05) is 6.42 Å². The monoisotopic (exact) mass is 188 g/mol. The van der Waals surface area contributed by atoms with Gasteiger partial charge >= 0.3 is 5.97 Å². The Morgan fingerprint density at radius 1 is 1.23 bits per heavy atom. The molecular weight excluding hydrogens is 176 g/mol. The van der Waals surface area contributed by atoms with Gasteiger partial charge in [-0.2, -0.15) is 0 Å². The lowest BCUT2D eigenvalue weighted by Gasteiger charge is -1.98. The van der Waals surface area contributed by atoms with E-state index in [4.69, 9.17) is 16.0 Å². The third kappa shape index (κ3) is 5.66. The maximum Gasteiger partial charge on any atom is 0.303 e. The van der Waals surface area contributed by atoms with E-state index in [9.17, 15) is 9.59 Å². The summed E-state index contributed by atoms with van der Waals surface area (Å²) in [6.07, 6.45) is 1.15. The van der Waals surface area contributed by atoms with Crippen molar-refractivity contribution in [2.24, 2.45) is 10.9 Å². The number of carboxylic acid groups (broad SMARTS) is 1. The molecule has 0 heterocycles. The van der Waals surface area contributed by atoms with Crippen LogP contribution in [0.2, 0.25) is 0 Å². The fourth-order valence-corrected chi connectivity index (χ4v) is 0.791. The van der Waals surface area contributed by atoms with E-state index in [1.165, 1.54) is 0 Å². The number of nitrogens with two attached hydrogens (primary N) is 1. The van der Waals surface area contributed by atoms with Crippen LogP contribution in [-0.4, -0.2) is 27.9 Å². The molecule has 0 aromatic heterocycles. The van der Waals surface area contributed by atoms with E-state index in [1.807, 2.05) is 0 Å². The molecule has 4 N–H and O–H groups in total. The van der Waals surface area contributed by atoms with Crippen LogP contribution in [0.3, 0.4) is 0 Å². The van der Waals surface area contributed by atoms with Crippen molar-refractivity contribution in [3.8, 4) is 0 Å². The Morgan fingerprint density at radius 3 is 2.15 bits per heavy atom. The van der Waals surface area contributed by atoms with Crippen LogP contribution in [0.5, 0.6) is 0 Å². The molecule has 0 fully saturated rings. The van der Waals surface area contributed by atoms with Crippen molar-refractivity contribution >= 4 is 17.6 Å². The summed E-state index contributed by atoms with van der Waals surface area (Å²) in [4.78, 5) is 20.5. The number of primary amides is 1. The highest BCUT2D eigenvalue weighted by atomic mass is 16.4. The van der Waals surface area contributed by atoms with Crippen LogP contribution in [-0.2, 0) is 9.59 Å². The van der Waals surface area contributed by atoms with E-state index in [2.05, 4.69) is 5.16 Å². The zero-order chi connectivity index (χ0) is 10.3. The molecule has 0 unspecified atom stereocenters. The fourth-order valence-electron chi connectivity index (χ4n) is 0.791. The first-order valence-corrected chi connectivity index (χ1v) is 3.80. The van der Waals surface area contributed by atoms with E-state index in [-0.39, 0.29) is 18.6 Å². The number of hydrogen-bond acceptors (Lipinski definition) is 4. The Balaban J connectivity index is 3.63. The highest BCUT2D eigenvalue weighted by Gasteiger charge is 2.07. The number of amides is 1. The van der Waals surface area contributed by atoms with Gasteiger partial charge in [-0.1, -0.05) is 5.16 Å². The molecule has 1 amide bonds. The minimum Gasteiger partial charge on any atom is -0.481 e. The maximum atomic E-state index is 10.5.